The molecule has 0 saturated carbocycles. The Morgan fingerprint density at radius 1 is 1.10 bits per heavy atom. The van der Waals surface area contributed by atoms with E-state index in [-0.39, 0.29) is 0 Å². The van der Waals surface area contributed by atoms with Gasteiger partial charge < -0.3 is 8.84 Å². The highest BCUT2D eigenvalue weighted by Crippen LogP contribution is 2.31. The number of aryl methyl sites for hydroxylation is 1. The van der Waals surface area contributed by atoms with E-state index in [9.17, 15) is 0 Å². The van der Waals surface area contributed by atoms with E-state index < -0.39 is 16.4 Å². The average molecular weight is 319 g/mol. The van der Waals surface area contributed by atoms with Gasteiger partial charge in [-0.25, -0.2) is 0 Å². The van der Waals surface area contributed by atoms with Crippen molar-refractivity contribution >= 4 is 38.3 Å². The number of rotatable bonds is 4. The number of fused-ring (bicyclic) bond motifs is 1. The standard InChI is InChI=1S/C17H26O2Si2/c1-12-15-11-14(20(3,4)5)9-10-16(15)18-17(12)13(2)19-21(6,7)8/h9-11H,2H2,1,3-8H3. The van der Waals surface area contributed by atoms with Gasteiger partial charge in [-0.1, -0.05) is 43.5 Å². The third-order valence-corrected chi connectivity index (χ3v) is 6.39. The Bertz CT molecular complexity index is 685. The summed E-state index contributed by atoms with van der Waals surface area (Å²) in [5, 5.41) is 2.63. The second-order valence-corrected chi connectivity index (χ2v) is 17.2. The molecule has 0 radical (unpaired) electrons. The maximum Gasteiger partial charge on any atom is 0.242 e. The number of benzene rings is 1. The first-order valence-electron chi connectivity index (χ1n) is 7.41. The van der Waals surface area contributed by atoms with Gasteiger partial charge in [0.1, 0.15) is 11.3 Å². The van der Waals surface area contributed by atoms with Gasteiger partial charge in [0, 0.05) is 10.9 Å². The lowest BCUT2D eigenvalue weighted by Crippen LogP contribution is -2.37. The summed E-state index contributed by atoms with van der Waals surface area (Å²) in [6.07, 6.45) is 0. The molecule has 2 aromatic rings. The van der Waals surface area contributed by atoms with Crippen molar-refractivity contribution in [3.05, 3.63) is 36.1 Å². The maximum absolute atomic E-state index is 5.99. The van der Waals surface area contributed by atoms with E-state index in [1.54, 1.807) is 0 Å². The van der Waals surface area contributed by atoms with Crippen LogP contribution < -0.4 is 5.19 Å². The summed E-state index contributed by atoms with van der Waals surface area (Å²) in [6.45, 7) is 19.7. The highest BCUT2D eigenvalue weighted by molar-refractivity contribution is 6.88. The monoisotopic (exact) mass is 318 g/mol. The third-order valence-electron chi connectivity index (χ3n) is 3.48. The first-order chi connectivity index (χ1) is 9.49. The van der Waals surface area contributed by atoms with Gasteiger partial charge in [-0.2, -0.15) is 0 Å². The van der Waals surface area contributed by atoms with Gasteiger partial charge in [-0.3, -0.25) is 0 Å². The van der Waals surface area contributed by atoms with Crippen LogP contribution in [0.25, 0.3) is 16.7 Å². The normalized spacial score (nSPS) is 12.7. The third kappa shape index (κ3) is 3.50. The molecule has 0 aliphatic rings. The minimum atomic E-state index is -1.67. The van der Waals surface area contributed by atoms with E-state index >= 15 is 0 Å². The van der Waals surface area contributed by atoms with Crippen LogP contribution in [0.5, 0.6) is 0 Å². The smallest absolute Gasteiger partial charge is 0.242 e. The molecule has 0 spiro atoms. The molecule has 1 heterocycles. The highest BCUT2D eigenvalue weighted by Gasteiger charge is 2.23. The van der Waals surface area contributed by atoms with Crippen molar-refractivity contribution in [3.8, 4) is 0 Å². The highest BCUT2D eigenvalue weighted by atomic mass is 28.4. The van der Waals surface area contributed by atoms with Crippen LogP contribution in [-0.2, 0) is 4.43 Å². The maximum atomic E-state index is 5.99. The van der Waals surface area contributed by atoms with Crippen molar-refractivity contribution < 1.29 is 8.84 Å². The average Bonchev–Trinajstić information content (AvgIpc) is 2.63. The predicted octanol–water partition coefficient (Wildman–Crippen LogP) is 5.11. The zero-order valence-electron chi connectivity index (χ0n) is 14.3. The Morgan fingerprint density at radius 2 is 1.71 bits per heavy atom. The van der Waals surface area contributed by atoms with Crippen LogP contribution in [0.15, 0.2) is 29.2 Å². The van der Waals surface area contributed by atoms with Crippen LogP contribution >= 0.6 is 0 Å². The SMILES string of the molecule is C=C(O[Si](C)(C)C)c1oc2ccc([Si](C)(C)C)cc2c1C. The molecule has 4 heteroatoms. The molecule has 114 valence electrons. The van der Waals surface area contributed by atoms with Crippen LogP contribution in [0.4, 0.5) is 0 Å². The summed E-state index contributed by atoms with van der Waals surface area (Å²) in [7, 11) is -2.99. The van der Waals surface area contributed by atoms with E-state index in [2.05, 4.69) is 71.0 Å². The molecule has 21 heavy (non-hydrogen) atoms. The molecule has 1 aromatic heterocycles. The first kappa shape index (κ1) is 16.1. The Labute approximate surface area is 130 Å². The van der Waals surface area contributed by atoms with Gasteiger partial charge in [0.05, 0.1) is 8.07 Å². The molecule has 0 fully saturated rings. The molecule has 1 aromatic carbocycles. The lowest BCUT2D eigenvalue weighted by atomic mass is 10.1. The minimum Gasteiger partial charge on any atom is -0.542 e. The fraction of sp³-hybridized carbons (Fsp3) is 0.412. The van der Waals surface area contributed by atoms with Gasteiger partial charge in [0.2, 0.25) is 8.32 Å². The Morgan fingerprint density at radius 3 is 2.24 bits per heavy atom. The van der Waals surface area contributed by atoms with Gasteiger partial charge >= 0.3 is 0 Å². The van der Waals surface area contributed by atoms with Crippen LogP contribution in [0.2, 0.25) is 39.3 Å². The molecule has 0 unspecified atom stereocenters. The quantitative estimate of drug-likeness (QED) is 0.577. The van der Waals surface area contributed by atoms with Gasteiger partial charge in [-0.05, 0) is 32.6 Å². The van der Waals surface area contributed by atoms with Crippen molar-refractivity contribution in [2.75, 3.05) is 0 Å². The Hall–Kier alpha value is -1.27. The second kappa shape index (κ2) is 5.18. The van der Waals surface area contributed by atoms with Gasteiger partial charge in [0.15, 0.2) is 5.76 Å². The van der Waals surface area contributed by atoms with E-state index in [1.807, 2.05) is 0 Å². The molecule has 2 rings (SSSR count). The van der Waals surface area contributed by atoms with Crippen LogP contribution in [0, 0.1) is 6.92 Å². The first-order valence-corrected chi connectivity index (χ1v) is 14.3. The molecular weight excluding hydrogens is 292 g/mol. The second-order valence-electron chi connectivity index (χ2n) is 7.65. The van der Waals surface area contributed by atoms with E-state index in [1.165, 1.54) is 10.6 Å². The fourth-order valence-corrected chi connectivity index (χ4v) is 4.36. The van der Waals surface area contributed by atoms with Crippen LogP contribution in [-0.4, -0.2) is 16.4 Å². The number of hydrogen-bond donors (Lipinski definition) is 0. The summed E-state index contributed by atoms with van der Waals surface area (Å²) >= 11 is 0. The Kier molecular flexibility index (Phi) is 3.97. The van der Waals surface area contributed by atoms with Gasteiger partial charge in [0.25, 0.3) is 0 Å². The molecule has 0 aliphatic heterocycles. The Balaban J connectivity index is 2.49. The zero-order chi connectivity index (χ0) is 16.0. The van der Waals surface area contributed by atoms with Crippen molar-refractivity contribution in [2.45, 2.75) is 46.2 Å². The number of furan rings is 1. The molecule has 0 atom stereocenters. The summed E-state index contributed by atoms with van der Waals surface area (Å²) in [6, 6.07) is 6.57. The lowest BCUT2D eigenvalue weighted by Gasteiger charge is -2.20. The molecule has 2 nitrogen and oxygen atoms in total. The summed E-state index contributed by atoms with van der Waals surface area (Å²) in [5.41, 5.74) is 2.05. The number of hydrogen-bond acceptors (Lipinski definition) is 2. The van der Waals surface area contributed by atoms with Crippen molar-refractivity contribution in [1.29, 1.82) is 0 Å². The van der Waals surface area contributed by atoms with Crippen molar-refractivity contribution in [1.82, 2.24) is 0 Å². The largest absolute Gasteiger partial charge is 0.542 e. The molecule has 0 saturated heterocycles. The summed E-state index contributed by atoms with van der Waals surface area (Å²) in [4.78, 5) is 0. The van der Waals surface area contributed by atoms with Crippen LogP contribution in [0.1, 0.15) is 11.3 Å². The molecule has 0 N–H and O–H groups in total. The lowest BCUT2D eigenvalue weighted by molar-refractivity contribution is 0.476. The van der Waals surface area contributed by atoms with Crippen molar-refractivity contribution in [2.24, 2.45) is 0 Å². The topological polar surface area (TPSA) is 22.4 Å². The zero-order valence-corrected chi connectivity index (χ0v) is 16.3. The van der Waals surface area contributed by atoms with E-state index in [4.69, 9.17) is 8.84 Å². The minimum absolute atomic E-state index is 0.664. The van der Waals surface area contributed by atoms with Crippen molar-refractivity contribution in [3.63, 3.8) is 0 Å². The molecule has 0 aliphatic carbocycles. The summed E-state index contributed by atoms with van der Waals surface area (Å²) < 4.78 is 12.0. The molecular formula is C17H26O2Si2. The predicted molar refractivity (Wildman–Crippen MR) is 97.4 cm³/mol. The summed E-state index contributed by atoms with van der Waals surface area (Å²) in [5.74, 6) is 1.46. The van der Waals surface area contributed by atoms with Gasteiger partial charge in [-0.15, -0.1) is 0 Å². The molecule has 0 bridgehead atoms. The fourth-order valence-electron chi connectivity index (χ4n) is 2.37. The molecule has 0 amide bonds. The van der Waals surface area contributed by atoms with Crippen LogP contribution in [0.3, 0.4) is 0 Å². The van der Waals surface area contributed by atoms with E-state index in [0.29, 0.717) is 5.76 Å². The van der Waals surface area contributed by atoms with E-state index in [0.717, 1.165) is 16.9 Å².